The monoisotopic (exact) mass is 273 g/mol. The van der Waals surface area contributed by atoms with E-state index in [9.17, 15) is 4.39 Å². The number of H-pyrrole nitrogens is 1. The first-order chi connectivity index (χ1) is 9.16. The summed E-state index contributed by atoms with van der Waals surface area (Å²) in [5.74, 6) is -0.230. The molecule has 3 rings (SSSR count). The number of hydrogen-bond acceptors (Lipinski definition) is 2. The predicted molar refractivity (Wildman–Crippen MR) is 75.2 cm³/mol. The van der Waals surface area contributed by atoms with Crippen LogP contribution in [0.1, 0.15) is 11.1 Å². The Morgan fingerprint density at radius 3 is 2.89 bits per heavy atom. The van der Waals surface area contributed by atoms with Crippen LogP contribution in [0.3, 0.4) is 0 Å². The van der Waals surface area contributed by atoms with Gasteiger partial charge in [0, 0.05) is 11.8 Å². The highest BCUT2D eigenvalue weighted by atomic mass is 32.1. The molecule has 96 valence electrons. The van der Waals surface area contributed by atoms with Gasteiger partial charge in [0.1, 0.15) is 5.82 Å². The van der Waals surface area contributed by atoms with E-state index < -0.39 is 0 Å². The molecule has 19 heavy (non-hydrogen) atoms. The van der Waals surface area contributed by atoms with Gasteiger partial charge in [0.2, 0.25) is 0 Å². The first kappa shape index (κ1) is 12.0. The van der Waals surface area contributed by atoms with Crippen molar-refractivity contribution in [1.29, 1.82) is 0 Å². The van der Waals surface area contributed by atoms with Crippen LogP contribution >= 0.6 is 12.2 Å². The van der Waals surface area contributed by atoms with Crippen LogP contribution in [0.2, 0.25) is 0 Å². The fourth-order valence-electron chi connectivity index (χ4n) is 2.12. The lowest BCUT2D eigenvalue weighted by atomic mass is 10.2. The fourth-order valence-corrected chi connectivity index (χ4v) is 2.37. The van der Waals surface area contributed by atoms with Crippen LogP contribution < -0.4 is 0 Å². The lowest BCUT2D eigenvalue weighted by Crippen LogP contribution is -2.02. The fraction of sp³-hybridized carbons (Fsp3) is 0.143. The summed E-state index contributed by atoms with van der Waals surface area (Å²) < 4.78 is 16.1. The van der Waals surface area contributed by atoms with Gasteiger partial charge >= 0.3 is 0 Å². The molecule has 1 aromatic carbocycles. The molecule has 3 nitrogen and oxygen atoms in total. The van der Waals surface area contributed by atoms with Crippen molar-refractivity contribution in [3.05, 3.63) is 58.2 Å². The summed E-state index contributed by atoms with van der Waals surface area (Å²) in [6, 6.07) is 8.62. The van der Waals surface area contributed by atoms with Crippen molar-refractivity contribution < 1.29 is 4.39 Å². The van der Waals surface area contributed by atoms with Gasteiger partial charge in [-0.1, -0.05) is 18.2 Å². The van der Waals surface area contributed by atoms with Crippen LogP contribution in [0.5, 0.6) is 0 Å². The van der Waals surface area contributed by atoms with Gasteiger partial charge in [-0.25, -0.2) is 9.37 Å². The number of hydrogen-bond donors (Lipinski definition) is 1. The highest BCUT2D eigenvalue weighted by molar-refractivity contribution is 7.71. The van der Waals surface area contributed by atoms with Crippen molar-refractivity contribution in [1.82, 2.24) is 14.5 Å². The van der Waals surface area contributed by atoms with E-state index in [1.807, 2.05) is 23.6 Å². The Morgan fingerprint density at radius 2 is 2.11 bits per heavy atom. The van der Waals surface area contributed by atoms with E-state index >= 15 is 0 Å². The van der Waals surface area contributed by atoms with Crippen molar-refractivity contribution in [2.75, 3.05) is 0 Å². The van der Waals surface area contributed by atoms with Gasteiger partial charge in [-0.05, 0) is 36.8 Å². The zero-order valence-electron chi connectivity index (χ0n) is 10.4. The second-order valence-corrected chi connectivity index (χ2v) is 4.82. The minimum absolute atomic E-state index is 0.230. The Morgan fingerprint density at radius 1 is 1.32 bits per heavy atom. The maximum atomic E-state index is 13.7. The van der Waals surface area contributed by atoms with Crippen molar-refractivity contribution in [2.45, 2.75) is 13.5 Å². The quantitative estimate of drug-likeness (QED) is 0.724. The molecule has 2 aromatic heterocycles. The third-order valence-electron chi connectivity index (χ3n) is 3.16. The molecule has 3 aromatic rings. The van der Waals surface area contributed by atoms with E-state index in [1.165, 1.54) is 6.07 Å². The van der Waals surface area contributed by atoms with Crippen LogP contribution in [0, 0.1) is 17.5 Å². The standard InChI is InChI=1S/C14H12FN3S/c1-9-6-7-16-13-12(9)17-14(19)18(13)8-10-4-2-3-5-11(10)15/h2-7H,8H2,1H3,(H,17,19). The highest BCUT2D eigenvalue weighted by Gasteiger charge is 2.09. The number of rotatable bonds is 2. The normalized spacial score (nSPS) is 11.1. The molecule has 0 spiro atoms. The maximum Gasteiger partial charge on any atom is 0.179 e. The average molecular weight is 273 g/mol. The van der Waals surface area contributed by atoms with Gasteiger partial charge in [0.15, 0.2) is 10.4 Å². The average Bonchev–Trinajstić information content (AvgIpc) is 2.71. The number of imidazole rings is 1. The molecule has 1 N–H and O–H groups in total. The van der Waals surface area contributed by atoms with Crippen molar-refractivity contribution >= 4 is 23.4 Å². The van der Waals surface area contributed by atoms with E-state index in [1.54, 1.807) is 18.3 Å². The summed E-state index contributed by atoms with van der Waals surface area (Å²) in [6.07, 6.45) is 1.73. The Labute approximate surface area is 114 Å². The Bertz CT molecular complexity index is 804. The Kier molecular flexibility index (Phi) is 2.91. The number of pyridine rings is 1. The van der Waals surface area contributed by atoms with Gasteiger partial charge in [0.25, 0.3) is 0 Å². The number of aromatic nitrogens is 3. The lowest BCUT2D eigenvalue weighted by Gasteiger charge is -2.05. The molecule has 0 radical (unpaired) electrons. The first-order valence-electron chi connectivity index (χ1n) is 5.94. The van der Waals surface area contributed by atoms with E-state index in [0.29, 0.717) is 16.9 Å². The largest absolute Gasteiger partial charge is 0.329 e. The minimum Gasteiger partial charge on any atom is -0.329 e. The summed E-state index contributed by atoms with van der Waals surface area (Å²) in [5, 5.41) is 0. The number of nitrogens with one attached hydrogen (secondary N) is 1. The van der Waals surface area contributed by atoms with E-state index in [0.717, 1.165) is 16.7 Å². The summed E-state index contributed by atoms with van der Waals surface area (Å²) in [5.41, 5.74) is 3.34. The van der Waals surface area contributed by atoms with E-state index in [4.69, 9.17) is 12.2 Å². The highest BCUT2D eigenvalue weighted by Crippen LogP contribution is 2.17. The minimum atomic E-state index is -0.230. The van der Waals surface area contributed by atoms with Crippen LogP contribution in [0.4, 0.5) is 4.39 Å². The summed E-state index contributed by atoms with van der Waals surface area (Å²) in [7, 11) is 0. The molecule has 0 amide bonds. The van der Waals surface area contributed by atoms with Gasteiger partial charge in [-0.3, -0.25) is 4.57 Å². The predicted octanol–water partition coefficient (Wildman–Crippen LogP) is 3.59. The van der Waals surface area contributed by atoms with Crippen molar-refractivity contribution in [3.8, 4) is 0 Å². The molecule has 0 fully saturated rings. The first-order valence-corrected chi connectivity index (χ1v) is 6.35. The van der Waals surface area contributed by atoms with Crippen LogP contribution in [-0.2, 0) is 6.54 Å². The molecule has 0 aliphatic heterocycles. The van der Waals surface area contributed by atoms with Gasteiger partial charge < -0.3 is 4.98 Å². The molecule has 0 aliphatic rings. The molecule has 0 saturated carbocycles. The second kappa shape index (κ2) is 4.59. The molecule has 0 saturated heterocycles. The number of nitrogens with zero attached hydrogens (tertiary/aromatic N) is 2. The van der Waals surface area contributed by atoms with E-state index in [2.05, 4.69) is 9.97 Å². The molecule has 2 heterocycles. The van der Waals surface area contributed by atoms with Crippen molar-refractivity contribution in [2.24, 2.45) is 0 Å². The van der Waals surface area contributed by atoms with Gasteiger partial charge in [-0.15, -0.1) is 0 Å². The number of halogens is 1. The lowest BCUT2D eigenvalue weighted by molar-refractivity contribution is 0.600. The summed E-state index contributed by atoms with van der Waals surface area (Å²) >= 11 is 5.30. The third-order valence-corrected chi connectivity index (χ3v) is 3.48. The molecule has 0 bridgehead atoms. The molecule has 0 atom stereocenters. The second-order valence-electron chi connectivity index (χ2n) is 4.43. The Balaban J connectivity index is 2.16. The van der Waals surface area contributed by atoms with Crippen LogP contribution in [-0.4, -0.2) is 14.5 Å². The molecule has 5 heteroatoms. The topological polar surface area (TPSA) is 33.6 Å². The summed E-state index contributed by atoms with van der Waals surface area (Å²) in [6.45, 7) is 2.37. The number of aromatic amines is 1. The van der Waals surface area contributed by atoms with Crippen LogP contribution in [0.15, 0.2) is 36.5 Å². The number of fused-ring (bicyclic) bond motifs is 1. The summed E-state index contributed by atoms with van der Waals surface area (Å²) in [4.78, 5) is 7.46. The molecular weight excluding hydrogens is 261 g/mol. The van der Waals surface area contributed by atoms with Gasteiger partial charge in [0.05, 0.1) is 12.1 Å². The smallest absolute Gasteiger partial charge is 0.179 e. The maximum absolute atomic E-state index is 13.7. The number of benzene rings is 1. The Hall–Kier alpha value is -2.01. The molecular formula is C14H12FN3S. The zero-order chi connectivity index (χ0) is 13.4. The zero-order valence-corrected chi connectivity index (χ0v) is 11.2. The number of aryl methyl sites for hydroxylation is 1. The molecule has 0 aliphatic carbocycles. The van der Waals surface area contributed by atoms with Crippen molar-refractivity contribution in [3.63, 3.8) is 0 Å². The third kappa shape index (κ3) is 2.06. The molecule has 0 unspecified atom stereocenters. The van der Waals surface area contributed by atoms with E-state index in [-0.39, 0.29) is 5.82 Å². The van der Waals surface area contributed by atoms with Gasteiger partial charge in [-0.2, -0.15) is 0 Å². The van der Waals surface area contributed by atoms with Crippen LogP contribution in [0.25, 0.3) is 11.2 Å². The SMILES string of the molecule is Cc1ccnc2c1[nH]c(=S)n2Cc1ccccc1F.